The second-order valence-electron chi connectivity index (χ2n) is 7.63. The monoisotopic (exact) mass is 405 g/mol. The lowest BCUT2D eigenvalue weighted by Crippen LogP contribution is -2.48. The van der Waals surface area contributed by atoms with E-state index in [9.17, 15) is 9.59 Å². The SMILES string of the molecule is CCCCC(=O)Nc1ccc(N2CCN(C(=O)c3cc4ccccc4o3)CC2)cc1. The van der Waals surface area contributed by atoms with Gasteiger partial charge in [-0.3, -0.25) is 9.59 Å². The van der Waals surface area contributed by atoms with Gasteiger partial charge < -0.3 is 19.5 Å². The quantitative estimate of drug-likeness (QED) is 0.655. The third kappa shape index (κ3) is 4.48. The molecule has 2 heterocycles. The lowest BCUT2D eigenvalue weighted by molar-refractivity contribution is -0.116. The van der Waals surface area contributed by atoms with E-state index in [4.69, 9.17) is 4.42 Å². The smallest absolute Gasteiger partial charge is 0.289 e. The standard InChI is InChI=1S/C24H27N3O3/c1-2-3-8-23(28)25-19-9-11-20(12-10-19)26-13-15-27(16-14-26)24(29)22-17-18-6-4-5-7-21(18)30-22/h4-7,9-12,17H,2-3,8,13-16H2,1H3,(H,25,28). The van der Waals surface area contributed by atoms with Crippen molar-refractivity contribution >= 4 is 34.2 Å². The van der Waals surface area contributed by atoms with Gasteiger partial charge in [-0.2, -0.15) is 0 Å². The second kappa shape index (κ2) is 9.03. The van der Waals surface area contributed by atoms with Crippen LogP contribution in [0.1, 0.15) is 36.7 Å². The van der Waals surface area contributed by atoms with Gasteiger partial charge in [0, 0.05) is 49.4 Å². The molecule has 0 radical (unpaired) electrons. The Hall–Kier alpha value is -3.28. The van der Waals surface area contributed by atoms with Crippen LogP contribution in [0.5, 0.6) is 0 Å². The van der Waals surface area contributed by atoms with Crippen LogP contribution in [0.15, 0.2) is 59.0 Å². The van der Waals surface area contributed by atoms with E-state index in [1.54, 1.807) is 0 Å². The summed E-state index contributed by atoms with van der Waals surface area (Å²) < 4.78 is 5.72. The molecule has 1 aliphatic rings. The fourth-order valence-electron chi connectivity index (χ4n) is 3.73. The summed E-state index contributed by atoms with van der Waals surface area (Å²) >= 11 is 0. The van der Waals surface area contributed by atoms with Gasteiger partial charge in [0.1, 0.15) is 5.58 Å². The summed E-state index contributed by atoms with van der Waals surface area (Å²) in [7, 11) is 0. The van der Waals surface area contributed by atoms with Crippen LogP contribution in [0.25, 0.3) is 11.0 Å². The molecule has 0 saturated carbocycles. The van der Waals surface area contributed by atoms with Crippen molar-refractivity contribution in [1.29, 1.82) is 0 Å². The summed E-state index contributed by atoms with van der Waals surface area (Å²) in [6.45, 7) is 4.88. The third-order valence-corrected chi connectivity index (χ3v) is 5.48. The van der Waals surface area contributed by atoms with Crippen LogP contribution in [0.2, 0.25) is 0 Å². The maximum Gasteiger partial charge on any atom is 0.289 e. The Balaban J connectivity index is 1.32. The molecule has 0 atom stereocenters. The normalized spacial score (nSPS) is 14.2. The van der Waals surface area contributed by atoms with Crippen LogP contribution in [-0.2, 0) is 4.79 Å². The molecule has 4 rings (SSSR count). The van der Waals surface area contributed by atoms with E-state index in [-0.39, 0.29) is 11.8 Å². The van der Waals surface area contributed by atoms with E-state index < -0.39 is 0 Å². The number of nitrogens with one attached hydrogen (secondary N) is 1. The molecule has 1 aliphatic heterocycles. The summed E-state index contributed by atoms with van der Waals surface area (Å²) in [5.74, 6) is 0.395. The Morgan fingerprint density at radius 3 is 2.43 bits per heavy atom. The molecule has 156 valence electrons. The molecule has 0 bridgehead atoms. The maximum atomic E-state index is 12.8. The van der Waals surface area contributed by atoms with Gasteiger partial charge in [-0.25, -0.2) is 0 Å². The molecule has 1 fully saturated rings. The number of hydrogen-bond donors (Lipinski definition) is 1. The van der Waals surface area contributed by atoms with Crippen molar-refractivity contribution in [1.82, 2.24) is 4.90 Å². The maximum absolute atomic E-state index is 12.8. The fourth-order valence-corrected chi connectivity index (χ4v) is 3.73. The van der Waals surface area contributed by atoms with E-state index in [0.29, 0.717) is 25.3 Å². The van der Waals surface area contributed by atoms with Gasteiger partial charge in [-0.05, 0) is 42.8 Å². The Morgan fingerprint density at radius 1 is 1.00 bits per heavy atom. The number of amides is 2. The summed E-state index contributed by atoms with van der Waals surface area (Å²) in [5.41, 5.74) is 2.65. The third-order valence-electron chi connectivity index (χ3n) is 5.48. The van der Waals surface area contributed by atoms with Gasteiger partial charge >= 0.3 is 0 Å². The van der Waals surface area contributed by atoms with Crippen LogP contribution in [0.4, 0.5) is 11.4 Å². The van der Waals surface area contributed by atoms with Gasteiger partial charge in [-0.15, -0.1) is 0 Å². The van der Waals surface area contributed by atoms with E-state index in [0.717, 1.165) is 48.3 Å². The van der Waals surface area contributed by atoms with Crippen LogP contribution < -0.4 is 10.2 Å². The highest BCUT2D eigenvalue weighted by Gasteiger charge is 2.24. The van der Waals surface area contributed by atoms with Crippen molar-refractivity contribution in [3.8, 4) is 0 Å². The number of fused-ring (bicyclic) bond motifs is 1. The molecule has 6 nitrogen and oxygen atoms in total. The first-order valence-corrected chi connectivity index (χ1v) is 10.6. The molecule has 6 heteroatoms. The molecule has 0 unspecified atom stereocenters. The number of benzene rings is 2. The molecular formula is C24H27N3O3. The van der Waals surface area contributed by atoms with Gasteiger partial charge in [0.25, 0.3) is 5.91 Å². The number of nitrogens with zero attached hydrogens (tertiary/aromatic N) is 2. The number of furan rings is 1. The highest BCUT2D eigenvalue weighted by molar-refractivity contribution is 5.96. The Labute approximate surface area is 176 Å². The van der Waals surface area contributed by atoms with E-state index in [1.165, 1.54) is 0 Å². The number of carbonyl (C=O) groups is 2. The van der Waals surface area contributed by atoms with Crippen LogP contribution >= 0.6 is 0 Å². The summed E-state index contributed by atoms with van der Waals surface area (Å²) in [5, 5.41) is 3.88. The minimum atomic E-state index is -0.0593. The first-order chi connectivity index (χ1) is 14.6. The molecule has 2 amide bonds. The van der Waals surface area contributed by atoms with Crippen LogP contribution in [-0.4, -0.2) is 42.9 Å². The predicted octanol–water partition coefficient (Wildman–Crippen LogP) is 4.52. The lowest BCUT2D eigenvalue weighted by atomic mass is 10.2. The average molecular weight is 405 g/mol. The number of unbranched alkanes of at least 4 members (excludes halogenated alkanes) is 1. The summed E-state index contributed by atoms with van der Waals surface area (Å²) in [6, 6.07) is 17.4. The first-order valence-electron chi connectivity index (χ1n) is 10.6. The zero-order valence-electron chi connectivity index (χ0n) is 17.3. The number of hydrogen-bond acceptors (Lipinski definition) is 4. The molecular weight excluding hydrogens is 378 g/mol. The van der Waals surface area contributed by atoms with Crippen molar-refractivity contribution in [2.45, 2.75) is 26.2 Å². The van der Waals surface area contributed by atoms with Gasteiger partial charge in [0.15, 0.2) is 5.76 Å². The van der Waals surface area contributed by atoms with Gasteiger partial charge in [0.05, 0.1) is 0 Å². The van der Waals surface area contributed by atoms with Crippen LogP contribution in [0.3, 0.4) is 0 Å². The summed E-state index contributed by atoms with van der Waals surface area (Å²) in [6.07, 6.45) is 2.47. The number of piperazine rings is 1. The van der Waals surface area contributed by atoms with Crippen molar-refractivity contribution in [3.63, 3.8) is 0 Å². The average Bonchev–Trinajstić information content (AvgIpc) is 3.22. The molecule has 1 N–H and O–H groups in total. The minimum absolute atomic E-state index is 0.0577. The minimum Gasteiger partial charge on any atom is -0.451 e. The summed E-state index contributed by atoms with van der Waals surface area (Å²) in [4.78, 5) is 28.8. The van der Waals surface area contributed by atoms with E-state index >= 15 is 0 Å². The van der Waals surface area contributed by atoms with Gasteiger partial charge in [0.2, 0.25) is 5.91 Å². The van der Waals surface area contributed by atoms with Crippen molar-refractivity contribution in [2.24, 2.45) is 0 Å². The van der Waals surface area contributed by atoms with E-state index in [1.807, 2.05) is 59.5 Å². The Bertz CT molecular complexity index is 985. The predicted molar refractivity (Wildman–Crippen MR) is 119 cm³/mol. The highest BCUT2D eigenvalue weighted by atomic mass is 16.3. The van der Waals surface area contributed by atoms with Crippen molar-refractivity contribution in [2.75, 3.05) is 36.4 Å². The molecule has 30 heavy (non-hydrogen) atoms. The zero-order valence-corrected chi connectivity index (χ0v) is 17.3. The molecule has 2 aromatic carbocycles. The number of rotatable bonds is 6. The number of carbonyl (C=O) groups excluding carboxylic acids is 2. The molecule has 0 spiro atoms. The molecule has 3 aromatic rings. The largest absolute Gasteiger partial charge is 0.451 e. The second-order valence-corrected chi connectivity index (χ2v) is 7.63. The molecule has 0 aliphatic carbocycles. The first kappa shape index (κ1) is 20.0. The molecule has 1 aromatic heterocycles. The van der Waals surface area contributed by atoms with Crippen LogP contribution in [0, 0.1) is 0 Å². The van der Waals surface area contributed by atoms with Crippen molar-refractivity contribution in [3.05, 3.63) is 60.4 Å². The molecule has 1 saturated heterocycles. The Morgan fingerprint density at radius 2 is 1.73 bits per heavy atom. The fraction of sp³-hybridized carbons (Fsp3) is 0.333. The van der Waals surface area contributed by atoms with Crippen molar-refractivity contribution < 1.29 is 14.0 Å². The Kier molecular flexibility index (Phi) is 6.02. The van der Waals surface area contributed by atoms with E-state index in [2.05, 4.69) is 17.1 Å². The zero-order chi connectivity index (χ0) is 20.9. The highest BCUT2D eigenvalue weighted by Crippen LogP contribution is 2.23. The number of anilines is 2. The topological polar surface area (TPSA) is 65.8 Å². The number of para-hydroxylation sites is 1. The van der Waals surface area contributed by atoms with Gasteiger partial charge in [-0.1, -0.05) is 31.5 Å². The lowest BCUT2D eigenvalue weighted by Gasteiger charge is -2.35.